The summed E-state index contributed by atoms with van der Waals surface area (Å²) in [5, 5.41) is 29.4. The van der Waals surface area contributed by atoms with Crippen molar-refractivity contribution in [3.8, 4) is 11.4 Å². The Kier molecular flexibility index (Phi) is 13.9. The third kappa shape index (κ3) is 9.30. The molecule has 0 spiro atoms. The number of benzene rings is 2. The number of β-amino-alcohol motifs (C(OH)–C–C–N with tert-alkyl or cyclic N) is 2. The van der Waals surface area contributed by atoms with Gasteiger partial charge in [-0.15, -0.1) is 0 Å². The van der Waals surface area contributed by atoms with E-state index >= 15 is 0 Å². The summed E-state index contributed by atoms with van der Waals surface area (Å²) in [6.07, 6.45) is 0.178. The fourth-order valence-corrected chi connectivity index (χ4v) is 9.04. The van der Waals surface area contributed by atoms with Gasteiger partial charge in [-0.25, -0.2) is 8.78 Å². The number of carbonyl (C=O) groups excluding carboxylic acids is 4. The van der Waals surface area contributed by atoms with Gasteiger partial charge in [-0.05, 0) is 105 Å². The Bertz CT molecular complexity index is 2060. The average Bonchev–Trinajstić information content (AvgIpc) is 3.96. The summed E-state index contributed by atoms with van der Waals surface area (Å²) in [6, 6.07) is 6.72. The summed E-state index contributed by atoms with van der Waals surface area (Å²) in [4.78, 5) is 64.9. The lowest BCUT2D eigenvalue weighted by molar-refractivity contribution is -0.141. The van der Waals surface area contributed by atoms with Crippen LogP contribution in [0.1, 0.15) is 85.3 Å². The van der Waals surface area contributed by atoms with Crippen molar-refractivity contribution in [1.82, 2.24) is 30.4 Å². The van der Waals surface area contributed by atoms with Gasteiger partial charge < -0.3 is 40.6 Å². The molecule has 12 nitrogen and oxygen atoms in total. The summed E-state index contributed by atoms with van der Waals surface area (Å²) in [6.45, 7) is 13.3. The molecule has 2 saturated heterocycles. The van der Waals surface area contributed by atoms with E-state index < -0.39 is 53.9 Å². The Morgan fingerprint density at radius 2 is 1.25 bits per heavy atom. The largest absolute Gasteiger partial charge is 0.391 e. The number of hydrogen-bond donors (Lipinski definition) is 6. The van der Waals surface area contributed by atoms with E-state index in [1.54, 1.807) is 35.9 Å². The van der Waals surface area contributed by atoms with Gasteiger partial charge in [-0.2, -0.15) is 0 Å². The number of likely N-dealkylation sites (N-methyl/N-ethyl adjacent to an activating group) is 1. The fraction of sp³-hybridized carbons (Fsp3) is 0.565. The number of aromatic nitrogens is 2. The number of ketones is 1. The molecule has 8 atom stereocenters. The number of hydrogen-bond acceptors (Lipinski definition) is 7. The molecule has 3 amide bonds. The van der Waals surface area contributed by atoms with Crippen LogP contribution in [-0.2, 0) is 32.0 Å². The second-order valence-electron chi connectivity index (χ2n) is 17.9. The minimum atomic E-state index is -0.807. The highest BCUT2D eigenvalue weighted by atomic mass is 19.1. The Labute approximate surface area is 350 Å². The van der Waals surface area contributed by atoms with Crippen LogP contribution in [-0.4, -0.2) is 110 Å². The van der Waals surface area contributed by atoms with Gasteiger partial charge in [-0.3, -0.25) is 19.2 Å². The Morgan fingerprint density at radius 3 is 1.68 bits per heavy atom. The first-order chi connectivity index (χ1) is 28.4. The van der Waals surface area contributed by atoms with Crippen LogP contribution in [0, 0.1) is 35.3 Å². The summed E-state index contributed by atoms with van der Waals surface area (Å²) >= 11 is 0. The number of rotatable bonds is 16. The number of likely N-dealkylation sites (tertiary alicyclic amines) is 2. The van der Waals surface area contributed by atoms with E-state index in [1.807, 2.05) is 41.5 Å². The second kappa shape index (κ2) is 18.5. The van der Waals surface area contributed by atoms with Crippen molar-refractivity contribution < 1.29 is 38.2 Å². The van der Waals surface area contributed by atoms with Gasteiger partial charge in [0.2, 0.25) is 17.7 Å². The van der Waals surface area contributed by atoms with Crippen LogP contribution in [0.5, 0.6) is 0 Å². The molecule has 4 aromatic rings. The monoisotopic (exact) mass is 832 g/mol. The third-order valence-electron chi connectivity index (χ3n) is 13.0. The molecule has 2 aromatic heterocycles. The van der Waals surface area contributed by atoms with Crippen LogP contribution in [0.15, 0.2) is 36.4 Å². The minimum Gasteiger partial charge on any atom is -0.391 e. The normalized spacial score (nSPS) is 21.6. The standard InChI is InChI=1S/C46H62F2N6O6/c1-9-25(6)44(58)52-41(24(4)5)46(60)54-22-32(56)17-30(54)19-37-34-13-11-28(48)15-39(34)51-43(37)42-36(33-12-10-27(47)14-38(33)50-42)18-29-16-31(55)21-53(29)45(59)35(23(2)3)20-40(57)26(7)49-8/h10-15,23-26,29-32,35,41,49-51,55-56H,9,16-22H2,1-8H3,(H,52,58)/t25-,26+,29+,30+,31+,32+,35+,41+/m1/s1. The van der Waals surface area contributed by atoms with E-state index in [2.05, 4.69) is 20.6 Å². The average molecular weight is 833 g/mol. The number of nitrogens with one attached hydrogen (secondary N) is 4. The van der Waals surface area contributed by atoms with E-state index in [9.17, 15) is 38.2 Å². The SMILES string of the molecule is CC[C@@H](C)C(=O)N[C@H](C(=O)N1C[C@@H](O)C[C@H]1Cc1c(-c2[nH]c3cc(F)ccc3c2C[C@@H]2C[C@H](O)CN2C(=O)[C@@H](CC(=O)[C@H](C)NC)C(C)C)[nH]c2cc(F)ccc12)C(C)C. The zero-order valence-electron chi connectivity index (χ0n) is 36.1. The van der Waals surface area contributed by atoms with Crippen molar-refractivity contribution in [3.05, 3.63) is 59.2 Å². The highest BCUT2D eigenvalue weighted by Gasteiger charge is 2.42. The molecule has 14 heteroatoms. The molecule has 0 unspecified atom stereocenters. The molecule has 0 aliphatic carbocycles. The van der Waals surface area contributed by atoms with Gasteiger partial charge in [0.05, 0.1) is 29.6 Å². The number of carbonyl (C=O) groups is 4. The van der Waals surface area contributed by atoms with E-state index in [-0.39, 0.29) is 86.5 Å². The number of nitrogens with zero attached hydrogens (tertiary/aromatic N) is 2. The van der Waals surface area contributed by atoms with Gasteiger partial charge in [0.15, 0.2) is 0 Å². The Morgan fingerprint density at radius 1 is 0.767 bits per heavy atom. The molecule has 326 valence electrons. The first-order valence-electron chi connectivity index (χ1n) is 21.5. The van der Waals surface area contributed by atoms with Gasteiger partial charge in [0.25, 0.3) is 0 Å². The summed E-state index contributed by atoms with van der Waals surface area (Å²) < 4.78 is 29.7. The van der Waals surface area contributed by atoms with Crippen LogP contribution >= 0.6 is 0 Å². The van der Waals surface area contributed by atoms with Crippen molar-refractivity contribution in [2.75, 3.05) is 20.1 Å². The van der Waals surface area contributed by atoms with Gasteiger partial charge >= 0.3 is 0 Å². The number of Topliss-reactive ketones (excluding diaryl/α,β-unsaturated/α-hetero) is 1. The predicted molar refractivity (Wildman–Crippen MR) is 228 cm³/mol. The maximum Gasteiger partial charge on any atom is 0.245 e. The molecule has 2 aliphatic rings. The van der Waals surface area contributed by atoms with Crippen molar-refractivity contribution in [2.45, 2.75) is 123 Å². The predicted octanol–water partition coefficient (Wildman–Crippen LogP) is 5.63. The van der Waals surface area contributed by atoms with E-state index in [1.165, 1.54) is 24.3 Å². The zero-order valence-corrected chi connectivity index (χ0v) is 36.1. The molecule has 4 heterocycles. The lowest BCUT2D eigenvalue weighted by atomic mass is 9.87. The van der Waals surface area contributed by atoms with Crippen LogP contribution in [0.25, 0.3) is 33.2 Å². The molecule has 6 rings (SSSR count). The maximum absolute atomic E-state index is 14.9. The molecule has 0 saturated carbocycles. The van der Waals surface area contributed by atoms with Crippen molar-refractivity contribution in [1.29, 1.82) is 0 Å². The van der Waals surface area contributed by atoms with Gasteiger partial charge in [0.1, 0.15) is 23.5 Å². The maximum atomic E-state index is 14.9. The molecule has 0 bridgehead atoms. The van der Waals surface area contributed by atoms with Crippen molar-refractivity contribution >= 4 is 45.3 Å². The van der Waals surface area contributed by atoms with Crippen LogP contribution in [0.4, 0.5) is 8.78 Å². The van der Waals surface area contributed by atoms with E-state index in [0.717, 1.165) is 11.1 Å². The van der Waals surface area contributed by atoms with Crippen molar-refractivity contribution in [3.63, 3.8) is 0 Å². The smallest absolute Gasteiger partial charge is 0.245 e. The molecule has 2 fully saturated rings. The molecule has 0 radical (unpaired) electrons. The van der Waals surface area contributed by atoms with E-state index in [4.69, 9.17) is 0 Å². The van der Waals surface area contributed by atoms with Crippen molar-refractivity contribution in [2.24, 2.45) is 23.7 Å². The van der Waals surface area contributed by atoms with Crippen LogP contribution < -0.4 is 10.6 Å². The third-order valence-corrected chi connectivity index (χ3v) is 13.0. The molecule has 6 N–H and O–H groups in total. The minimum absolute atomic E-state index is 0.0575. The van der Waals surface area contributed by atoms with Gasteiger partial charge in [0, 0.05) is 65.2 Å². The zero-order chi connectivity index (χ0) is 43.7. The fourth-order valence-electron chi connectivity index (χ4n) is 9.04. The lowest BCUT2D eigenvalue weighted by Gasteiger charge is -2.32. The number of fused-ring (bicyclic) bond motifs is 2. The van der Waals surface area contributed by atoms with Gasteiger partial charge in [-0.1, -0.05) is 41.5 Å². The quantitative estimate of drug-likeness (QED) is 0.0851. The number of aliphatic hydroxyl groups is 2. The van der Waals surface area contributed by atoms with E-state index in [0.29, 0.717) is 39.6 Å². The second-order valence-corrected chi connectivity index (χ2v) is 17.9. The Balaban J connectivity index is 1.41. The highest BCUT2D eigenvalue weighted by molar-refractivity contribution is 5.97. The number of halogens is 2. The summed E-state index contributed by atoms with van der Waals surface area (Å²) in [7, 11) is 1.70. The number of H-pyrrole nitrogens is 2. The first kappa shape index (κ1) is 44.9. The topological polar surface area (TPSA) is 171 Å². The molecular formula is C46H62F2N6O6. The summed E-state index contributed by atoms with van der Waals surface area (Å²) in [5.74, 6) is -2.93. The molecule has 60 heavy (non-hydrogen) atoms. The highest BCUT2D eigenvalue weighted by Crippen LogP contribution is 2.40. The lowest BCUT2D eigenvalue weighted by Crippen LogP contribution is -2.53. The first-order valence-corrected chi connectivity index (χ1v) is 21.5. The number of amides is 3. The molecule has 2 aromatic carbocycles. The van der Waals surface area contributed by atoms with Crippen LogP contribution in [0.3, 0.4) is 0 Å². The van der Waals surface area contributed by atoms with Crippen LogP contribution in [0.2, 0.25) is 0 Å². The molecule has 2 aliphatic heterocycles. The number of aromatic amines is 2. The molecular weight excluding hydrogens is 771 g/mol. The Hall–Kier alpha value is -4.66. The number of aliphatic hydroxyl groups excluding tert-OH is 2. The summed E-state index contributed by atoms with van der Waals surface area (Å²) in [5.41, 5.74) is 3.68.